The maximum absolute atomic E-state index is 12.5. The Morgan fingerprint density at radius 3 is 2.52 bits per heavy atom. The van der Waals surface area contributed by atoms with E-state index in [4.69, 9.17) is 20.8 Å². The highest BCUT2D eigenvalue weighted by molar-refractivity contribution is 6.30. The number of halogens is 1. The van der Waals surface area contributed by atoms with Crippen LogP contribution in [0.3, 0.4) is 0 Å². The van der Waals surface area contributed by atoms with Crippen LogP contribution < -0.4 is 15.5 Å². The Balaban J connectivity index is 1.57. The Hall–Kier alpha value is -3.58. The van der Waals surface area contributed by atoms with E-state index in [9.17, 15) is 9.59 Å². The summed E-state index contributed by atoms with van der Waals surface area (Å²) in [6.45, 7) is 5.31. The molecule has 0 saturated carbocycles. The van der Waals surface area contributed by atoms with Crippen LogP contribution in [0.15, 0.2) is 70.4 Å². The van der Waals surface area contributed by atoms with Crippen molar-refractivity contribution in [1.82, 2.24) is 5.43 Å². The number of amides is 2. The highest BCUT2D eigenvalue weighted by Gasteiger charge is 2.16. The van der Waals surface area contributed by atoms with Gasteiger partial charge in [-0.3, -0.25) is 9.59 Å². The Bertz CT molecular complexity index is 1090. The van der Waals surface area contributed by atoms with Crippen molar-refractivity contribution in [3.8, 4) is 5.75 Å². The second-order valence-corrected chi connectivity index (χ2v) is 7.29. The summed E-state index contributed by atoms with van der Waals surface area (Å²) in [5.41, 5.74) is 5.30. The summed E-state index contributed by atoms with van der Waals surface area (Å²) in [4.78, 5) is 24.3. The maximum Gasteiger partial charge on any atom is 0.307 e. The number of carbonyl (C=O) groups excluding carboxylic acids is 2. The molecule has 3 aromatic rings. The molecule has 2 N–H and O–H groups in total. The first-order valence-corrected chi connectivity index (χ1v) is 9.93. The molecule has 2 amide bonds. The van der Waals surface area contributed by atoms with E-state index in [-0.39, 0.29) is 11.7 Å². The lowest BCUT2D eigenvalue weighted by molar-refractivity contribution is -0.122. The monoisotopic (exact) mass is 439 g/mol. The smallest absolute Gasteiger partial charge is 0.307 e. The highest BCUT2D eigenvalue weighted by Crippen LogP contribution is 2.23. The fourth-order valence-corrected chi connectivity index (χ4v) is 2.92. The molecule has 0 radical (unpaired) electrons. The molecule has 8 heteroatoms. The number of nitrogens with zero attached hydrogens (tertiary/aromatic N) is 1. The summed E-state index contributed by atoms with van der Waals surface area (Å²) in [5.74, 6) is 0.0712. The van der Waals surface area contributed by atoms with Gasteiger partial charge in [0, 0.05) is 10.7 Å². The van der Waals surface area contributed by atoms with Crippen molar-refractivity contribution in [2.75, 3.05) is 5.32 Å². The van der Waals surface area contributed by atoms with Gasteiger partial charge in [-0.25, -0.2) is 5.43 Å². The highest BCUT2D eigenvalue weighted by atomic mass is 35.5. The Morgan fingerprint density at radius 1 is 1.13 bits per heavy atom. The molecule has 3 rings (SSSR count). The topological polar surface area (TPSA) is 92.9 Å². The van der Waals surface area contributed by atoms with Crippen LogP contribution in [-0.4, -0.2) is 23.6 Å². The zero-order valence-corrected chi connectivity index (χ0v) is 18.1. The molecule has 0 saturated heterocycles. The van der Waals surface area contributed by atoms with Crippen molar-refractivity contribution >= 4 is 34.8 Å². The average molecular weight is 440 g/mol. The fraction of sp³-hybridized carbons (Fsp3) is 0.174. The summed E-state index contributed by atoms with van der Waals surface area (Å²) in [6.07, 6.45) is 0.723. The SMILES string of the molecule is C/C(=N/NC(=O)c1ccco1)c1ccc(NC(=O)C(C)Oc2ccc(Cl)cc2C)cc1. The first-order chi connectivity index (χ1) is 14.8. The largest absolute Gasteiger partial charge is 0.481 e. The van der Waals surface area contributed by atoms with E-state index in [0.717, 1.165) is 11.1 Å². The molecule has 0 spiro atoms. The fourth-order valence-electron chi connectivity index (χ4n) is 2.69. The lowest BCUT2D eigenvalue weighted by Crippen LogP contribution is -2.30. The lowest BCUT2D eigenvalue weighted by Gasteiger charge is -2.16. The van der Waals surface area contributed by atoms with Crippen LogP contribution in [0.2, 0.25) is 5.02 Å². The summed E-state index contributed by atoms with van der Waals surface area (Å²) in [7, 11) is 0. The molecule has 1 unspecified atom stereocenters. The molecular weight excluding hydrogens is 418 g/mol. The number of ether oxygens (including phenoxy) is 1. The number of benzene rings is 2. The van der Waals surface area contributed by atoms with Crippen molar-refractivity contribution < 1.29 is 18.7 Å². The summed E-state index contributed by atoms with van der Waals surface area (Å²) in [5, 5.41) is 7.50. The van der Waals surface area contributed by atoms with E-state index in [0.29, 0.717) is 22.2 Å². The average Bonchev–Trinajstić information content (AvgIpc) is 3.29. The first kappa shape index (κ1) is 22.1. The minimum absolute atomic E-state index is 0.180. The molecule has 1 heterocycles. The molecule has 0 aliphatic carbocycles. The number of nitrogens with one attached hydrogen (secondary N) is 2. The molecule has 0 aliphatic rings. The predicted molar refractivity (Wildman–Crippen MR) is 120 cm³/mol. The van der Waals surface area contributed by atoms with Crippen LogP contribution in [0.5, 0.6) is 5.75 Å². The number of furan rings is 1. The van der Waals surface area contributed by atoms with Crippen molar-refractivity contribution in [2.45, 2.75) is 26.9 Å². The second-order valence-electron chi connectivity index (χ2n) is 6.85. The predicted octanol–water partition coefficient (Wildman–Crippen LogP) is 4.80. The number of hydrazone groups is 1. The van der Waals surface area contributed by atoms with Crippen LogP contribution in [0.4, 0.5) is 5.69 Å². The van der Waals surface area contributed by atoms with Crippen LogP contribution in [0.25, 0.3) is 0 Å². The minimum atomic E-state index is -0.695. The number of anilines is 1. The quantitative estimate of drug-likeness (QED) is 0.408. The molecule has 0 aliphatic heterocycles. The minimum Gasteiger partial charge on any atom is -0.481 e. The van der Waals surface area contributed by atoms with E-state index in [1.54, 1.807) is 68.4 Å². The Kier molecular flexibility index (Phi) is 7.10. The van der Waals surface area contributed by atoms with Crippen LogP contribution >= 0.6 is 11.6 Å². The van der Waals surface area contributed by atoms with Crippen LogP contribution in [0.1, 0.15) is 35.5 Å². The summed E-state index contributed by atoms with van der Waals surface area (Å²) < 4.78 is 10.8. The van der Waals surface area contributed by atoms with E-state index in [1.165, 1.54) is 6.26 Å². The molecule has 1 atom stereocenters. The van der Waals surface area contributed by atoms with Gasteiger partial charge in [-0.2, -0.15) is 5.10 Å². The molecule has 1 aromatic heterocycles. The summed E-state index contributed by atoms with van der Waals surface area (Å²) >= 11 is 5.95. The van der Waals surface area contributed by atoms with Gasteiger partial charge in [0.2, 0.25) is 0 Å². The van der Waals surface area contributed by atoms with Gasteiger partial charge in [-0.15, -0.1) is 0 Å². The molecular formula is C23H22ClN3O4. The van der Waals surface area contributed by atoms with Crippen molar-refractivity contribution in [3.63, 3.8) is 0 Å². The molecule has 0 bridgehead atoms. The molecule has 7 nitrogen and oxygen atoms in total. The normalized spacial score (nSPS) is 12.2. The molecule has 160 valence electrons. The number of hydrogen-bond acceptors (Lipinski definition) is 5. The molecule has 31 heavy (non-hydrogen) atoms. The third-order valence-corrected chi connectivity index (χ3v) is 4.69. The van der Waals surface area contributed by atoms with E-state index < -0.39 is 12.0 Å². The second kappa shape index (κ2) is 9.95. The number of rotatable bonds is 7. The van der Waals surface area contributed by atoms with Gasteiger partial charge in [-0.1, -0.05) is 23.7 Å². The van der Waals surface area contributed by atoms with Gasteiger partial charge in [0.05, 0.1) is 12.0 Å². The van der Waals surface area contributed by atoms with Crippen molar-refractivity contribution in [2.24, 2.45) is 5.10 Å². The first-order valence-electron chi connectivity index (χ1n) is 9.55. The van der Waals surface area contributed by atoms with Gasteiger partial charge >= 0.3 is 5.91 Å². The van der Waals surface area contributed by atoms with Gasteiger partial charge in [0.1, 0.15) is 5.75 Å². The van der Waals surface area contributed by atoms with E-state index >= 15 is 0 Å². The molecule has 2 aromatic carbocycles. The van der Waals surface area contributed by atoms with Gasteiger partial charge in [0.15, 0.2) is 11.9 Å². The standard InChI is InChI=1S/C23H22ClN3O4/c1-14-13-18(24)8-11-20(14)31-16(3)22(28)25-19-9-6-17(7-10-19)15(2)26-27-23(29)21-5-4-12-30-21/h4-13,16H,1-3H3,(H,25,28)(H,27,29)/b26-15-. The summed E-state index contributed by atoms with van der Waals surface area (Å²) in [6, 6.07) is 15.5. The Labute approximate surface area is 185 Å². The number of hydrogen-bond donors (Lipinski definition) is 2. The van der Waals surface area contributed by atoms with Gasteiger partial charge in [-0.05, 0) is 74.4 Å². The molecule has 0 fully saturated rings. The van der Waals surface area contributed by atoms with E-state index in [2.05, 4.69) is 15.8 Å². The van der Waals surface area contributed by atoms with Crippen LogP contribution in [0, 0.1) is 6.92 Å². The van der Waals surface area contributed by atoms with Gasteiger partial charge in [0.25, 0.3) is 5.91 Å². The third-order valence-electron chi connectivity index (χ3n) is 4.45. The zero-order valence-electron chi connectivity index (χ0n) is 17.3. The van der Waals surface area contributed by atoms with Crippen molar-refractivity contribution in [1.29, 1.82) is 0 Å². The maximum atomic E-state index is 12.5. The number of aryl methyl sites for hydroxylation is 1. The van der Waals surface area contributed by atoms with Crippen LogP contribution in [-0.2, 0) is 4.79 Å². The lowest BCUT2D eigenvalue weighted by atomic mass is 10.1. The zero-order chi connectivity index (χ0) is 22.4. The van der Waals surface area contributed by atoms with Crippen molar-refractivity contribution in [3.05, 3.63) is 82.8 Å². The number of carbonyl (C=O) groups is 2. The van der Waals surface area contributed by atoms with E-state index in [1.807, 2.05) is 6.92 Å². The third kappa shape index (κ3) is 5.96. The van der Waals surface area contributed by atoms with Gasteiger partial charge < -0.3 is 14.5 Å². The Morgan fingerprint density at radius 2 is 1.87 bits per heavy atom.